The molecule has 6 heteroatoms. The predicted molar refractivity (Wildman–Crippen MR) is 102 cm³/mol. The van der Waals surface area contributed by atoms with Gasteiger partial charge in [-0.2, -0.15) is 0 Å². The van der Waals surface area contributed by atoms with Gasteiger partial charge < -0.3 is 15.0 Å². The molecule has 0 aliphatic carbocycles. The SMILES string of the molecule is Cc1ccc(NC(=O)c2nc3ccccc3nc2N2CCOCC2)cc1. The van der Waals surface area contributed by atoms with E-state index in [-0.39, 0.29) is 5.91 Å². The molecule has 1 aliphatic rings. The number of aromatic nitrogens is 2. The van der Waals surface area contributed by atoms with Crippen LogP contribution in [0, 0.1) is 6.92 Å². The lowest BCUT2D eigenvalue weighted by molar-refractivity contribution is 0.102. The maximum Gasteiger partial charge on any atom is 0.278 e. The number of aryl methyl sites for hydroxylation is 1. The highest BCUT2D eigenvalue weighted by atomic mass is 16.5. The molecule has 3 aromatic rings. The summed E-state index contributed by atoms with van der Waals surface area (Å²) in [5.74, 6) is 0.352. The maximum atomic E-state index is 12.9. The summed E-state index contributed by atoms with van der Waals surface area (Å²) >= 11 is 0. The Labute approximate surface area is 151 Å². The van der Waals surface area contributed by atoms with Crippen molar-refractivity contribution in [2.24, 2.45) is 0 Å². The minimum atomic E-state index is -0.256. The molecule has 0 spiro atoms. The molecule has 0 unspecified atom stereocenters. The minimum absolute atomic E-state index is 0.256. The van der Waals surface area contributed by atoms with Crippen LogP contribution < -0.4 is 10.2 Å². The van der Waals surface area contributed by atoms with Crippen molar-refractivity contribution in [1.29, 1.82) is 0 Å². The summed E-state index contributed by atoms with van der Waals surface area (Å²) in [6, 6.07) is 15.3. The van der Waals surface area contributed by atoms with Gasteiger partial charge in [-0.1, -0.05) is 29.8 Å². The molecule has 4 rings (SSSR count). The number of anilines is 2. The first kappa shape index (κ1) is 16.5. The molecular weight excluding hydrogens is 328 g/mol. The number of nitrogens with one attached hydrogen (secondary N) is 1. The number of benzene rings is 2. The summed E-state index contributed by atoms with van der Waals surface area (Å²) in [7, 11) is 0. The van der Waals surface area contributed by atoms with Gasteiger partial charge in [0.15, 0.2) is 11.5 Å². The number of ether oxygens (including phenoxy) is 1. The second-order valence-electron chi connectivity index (χ2n) is 6.30. The molecule has 1 fully saturated rings. The van der Waals surface area contributed by atoms with Crippen LogP contribution in [0.4, 0.5) is 11.5 Å². The van der Waals surface area contributed by atoms with E-state index < -0.39 is 0 Å². The van der Waals surface area contributed by atoms with Crippen molar-refractivity contribution in [2.75, 3.05) is 36.5 Å². The molecular formula is C20H20N4O2. The topological polar surface area (TPSA) is 67.4 Å². The number of hydrogen-bond acceptors (Lipinski definition) is 5. The molecule has 0 radical (unpaired) electrons. The van der Waals surface area contributed by atoms with Crippen molar-refractivity contribution in [2.45, 2.75) is 6.92 Å². The number of hydrogen-bond donors (Lipinski definition) is 1. The van der Waals surface area contributed by atoms with Crippen LogP contribution in [0.5, 0.6) is 0 Å². The zero-order valence-corrected chi connectivity index (χ0v) is 14.6. The van der Waals surface area contributed by atoms with E-state index in [2.05, 4.69) is 15.2 Å². The smallest absolute Gasteiger partial charge is 0.278 e. The summed E-state index contributed by atoms with van der Waals surface area (Å²) < 4.78 is 5.43. The Morgan fingerprint density at radius 1 is 1.00 bits per heavy atom. The van der Waals surface area contributed by atoms with Crippen LogP contribution in [0.3, 0.4) is 0 Å². The Morgan fingerprint density at radius 3 is 2.35 bits per heavy atom. The summed E-state index contributed by atoms with van der Waals surface area (Å²) in [4.78, 5) is 24.3. The molecule has 1 N–H and O–H groups in total. The zero-order valence-electron chi connectivity index (χ0n) is 14.6. The quantitative estimate of drug-likeness (QED) is 0.788. The van der Waals surface area contributed by atoms with Gasteiger partial charge in [-0.25, -0.2) is 9.97 Å². The number of carbonyl (C=O) groups excluding carboxylic acids is 1. The van der Waals surface area contributed by atoms with E-state index in [9.17, 15) is 4.79 Å². The number of para-hydroxylation sites is 2. The van der Waals surface area contributed by atoms with E-state index in [1.807, 2.05) is 55.5 Å². The average Bonchev–Trinajstić information content (AvgIpc) is 2.69. The van der Waals surface area contributed by atoms with Crippen LogP contribution in [0.1, 0.15) is 16.1 Å². The van der Waals surface area contributed by atoms with Crippen molar-refractivity contribution in [3.05, 3.63) is 59.8 Å². The molecule has 1 amide bonds. The molecule has 0 atom stereocenters. The number of carbonyl (C=O) groups is 1. The summed E-state index contributed by atoms with van der Waals surface area (Å²) in [6.07, 6.45) is 0. The second kappa shape index (κ2) is 7.09. The lowest BCUT2D eigenvalue weighted by Crippen LogP contribution is -2.38. The number of nitrogens with zero attached hydrogens (tertiary/aromatic N) is 3. The van der Waals surface area contributed by atoms with Gasteiger partial charge in [-0.15, -0.1) is 0 Å². The van der Waals surface area contributed by atoms with Gasteiger partial charge in [-0.3, -0.25) is 4.79 Å². The standard InChI is InChI=1S/C20H20N4O2/c1-14-6-8-15(9-7-14)21-20(25)18-19(24-10-12-26-13-11-24)23-17-5-3-2-4-16(17)22-18/h2-9H,10-13H2,1H3,(H,21,25). The van der Waals surface area contributed by atoms with E-state index in [1.165, 1.54) is 0 Å². The second-order valence-corrected chi connectivity index (χ2v) is 6.30. The molecule has 0 bridgehead atoms. The van der Waals surface area contributed by atoms with Crippen LogP contribution in [0.15, 0.2) is 48.5 Å². The molecule has 26 heavy (non-hydrogen) atoms. The fourth-order valence-electron chi connectivity index (χ4n) is 2.97. The van der Waals surface area contributed by atoms with Crippen molar-refractivity contribution in [3.63, 3.8) is 0 Å². The Bertz CT molecular complexity index is 934. The van der Waals surface area contributed by atoms with Crippen LogP contribution >= 0.6 is 0 Å². The first-order valence-corrected chi connectivity index (χ1v) is 8.68. The number of amides is 1. The minimum Gasteiger partial charge on any atom is -0.378 e. The summed E-state index contributed by atoms with van der Waals surface area (Å²) in [5, 5.41) is 2.93. The monoisotopic (exact) mass is 348 g/mol. The Balaban J connectivity index is 1.73. The molecule has 1 aromatic heterocycles. The molecule has 2 aromatic carbocycles. The first-order valence-electron chi connectivity index (χ1n) is 8.68. The predicted octanol–water partition coefficient (Wildman–Crippen LogP) is 3.03. The van der Waals surface area contributed by atoms with Gasteiger partial charge in [-0.05, 0) is 31.2 Å². The first-order chi connectivity index (χ1) is 12.7. The molecule has 2 heterocycles. The largest absolute Gasteiger partial charge is 0.378 e. The van der Waals surface area contributed by atoms with Crippen molar-refractivity contribution in [1.82, 2.24) is 9.97 Å². The molecule has 132 valence electrons. The maximum absolute atomic E-state index is 12.9. The normalized spacial score (nSPS) is 14.4. The lowest BCUT2D eigenvalue weighted by atomic mass is 10.2. The number of morpholine rings is 1. The summed E-state index contributed by atoms with van der Waals surface area (Å²) in [6.45, 7) is 4.63. The van der Waals surface area contributed by atoms with E-state index in [0.29, 0.717) is 43.3 Å². The Hall–Kier alpha value is -2.99. The van der Waals surface area contributed by atoms with Crippen LogP contribution in [-0.4, -0.2) is 42.2 Å². The summed E-state index contributed by atoms with van der Waals surface area (Å²) in [5.41, 5.74) is 3.71. The number of rotatable bonds is 3. The third-order valence-corrected chi connectivity index (χ3v) is 4.39. The van der Waals surface area contributed by atoms with Crippen molar-refractivity contribution < 1.29 is 9.53 Å². The third kappa shape index (κ3) is 3.36. The van der Waals surface area contributed by atoms with E-state index in [0.717, 1.165) is 16.8 Å². The Morgan fingerprint density at radius 2 is 1.65 bits per heavy atom. The van der Waals surface area contributed by atoms with Gasteiger partial charge in [0.2, 0.25) is 0 Å². The Kier molecular flexibility index (Phi) is 4.50. The zero-order chi connectivity index (χ0) is 17.9. The number of fused-ring (bicyclic) bond motifs is 1. The molecule has 1 aliphatic heterocycles. The van der Waals surface area contributed by atoms with Gasteiger partial charge in [0, 0.05) is 18.8 Å². The van der Waals surface area contributed by atoms with E-state index >= 15 is 0 Å². The van der Waals surface area contributed by atoms with E-state index in [1.54, 1.807) is 0 Å². The third-order valence-electron chi connectivity index (χ3n) is 4.39. The van der Waals surface area contributed by atoms with Gasteiger partial charge >= 0.3 is 0 Å². The van der Waals surface area contributed by atoms with Crippen molar-refractivity contribution >= 4 is 28.4 Å². The average molecular weight is 348 g/mol. The van der Waals surface area contributed by atoms with Crippen LogP contribution in [0.25, 0.3) is 11.0 Å². The highest BCUT2D eigenvalue weighted by Gasteiger charge is 2.23. The highest BCUT2D eigenvalue weighted by molar-refractivity contribution is 6.07. The highest BCUT2D eigenvalue weighted by Crippen LogP contribution is 2.23. The van der Waals surface area contributed by atoms with Gasteiger partial charge in [0.1, 0.15) is 0 Å². The van der Waals surface area contributed by atoms with E-state index in [4.69, 9.17) is 9.72 Å². The fourth-order valence-corrected chi connectivity index (χ4v) is 2.97. The van der Waals surface area contributed by atoms with Gasteiger partial charge in [0.05, 0.1) is 24.2 Å². The molecule has 6 nitrogen and oxygen atoms in total. The lowest BCUT2D eigenvalue weighted by Gasteiger charge is -2.29. The van der Waals surface area contributed by atoms with Crippen LogP contribution in [-0.2, 0) is 4.74 Å². The van der Waals surface area contributed by atoms with Crippen LogP contribution in [0.2, 0.25) is 0 Å². The van der Waals surface area contributed by atoms with Crippen molar-refractivity contribution in [3.8, 4) is 0 Å². The van der Waals surface area contributed by atoms with Gasteiger partial charge in [0.25, 0.3) is 5.91 Å². The fraction of sp³-hybridized carbons (Fsp3) is 0.250. The molecule has 0 saturated carbocycles. The molecule has 1 saturated heterocycles.